The van der Waals surface area contributed by atoms with Crippen LogP contribution in [0.5, 0.6) is 5.75 Å². The lowest BCUT2D eigenvalue weighted by molar-refractivity contribution is -0.137. The molecule has 1 heterocycles. The number of thioether (sulfide) groups is 1. The first-order valence-corrected chi connectivity index (χ1v) is 10.6. The third kappa shape index (κ3) is 6.13. The summed E-state index contributed by atoms with van der Waals surface area (Å²) in [6.07, 6.45) is -2.80. The first-order valence-electron chi connectivity index (χ1n) is 9.59. The Bertz CT molecular complexity index is 1100. The summed E-state index contributed by atoms with van der Waals surface area (Å²) in [4.78, 5) is 12.3. The summed E-state index contributed by atoms with van der Waals surface area (Å²) < 4.78 is 46.1. The average Bonchev–Trinajstić information content (AvgIpc) is 3.13. The van der Waals surface area contributed by atoms with E-state index in [0.29, 0.717) is 17.5 Å². The molecular weight excluding hydrogens is 441 g/mol. The fourth-order valence-electron chi connectivity index (χ4n) is 2.81. The van der Waals surface area contributed by atoms with E-state index in [2.05, 4.69) is 22.1 Å². The van der Waals surface area contributed by atoms with Crippen LogP contribution in [0.3, 0.4) is 0 Å². The number of aromatic nitrogens is 3. The molecule has 0 spiro atoms. The van der Waals surface area contributed by atoms with Gasteiger partial charge in [0.05, 0.1) is 11.3 Å². The van der Waals surface area contributed by atoms with Crippen LogP contribution in [0.1, 0.15) is 17.0 Å². The van der Waals surface area contributed by atoms with Crippen LogP contribution in [-0.2, 0) is 24.1 Å². The van der Waals surface area contributed by atoms with Gasteiger partial charge in [0.15, 0.2) is 11.0 Å². The predicted octanol–water partition coefficient (Wildman–Crippen LogP) is 5.10. The number of benzene rings is 2. The number of nitrogens with zero attached hydrogens (tertiary/aromatic N) is 3. The molecule has 2 aromatic carbocycles. The molecule has 0 bridgehead atoms. The molecule has 0 saturated heterocycles. The highest BCUT2D eigenvalue weighted by Crippen LogP contribution is 2.30. The molecule has 1 aromatic heterocycles. The first-order chi connectivity index (χ1) is 15.3. The number of hydrogen-bond donors (Lipinski definition) is 1. The maximum absolute atomic E-state index is 12.8. The van der Waals surface area contributed by atoms with E-state index in [-0.39, 0.29) is 18.0 Å². The molecule has 10 heteroatoms. The zero-order chi connectivity index (χ0) is 23.1. The smallest absolute Gasteiger partial charge is 0.416 e. The number of carbonyl (C=O) groups is 1. The van der Waals surface area contributed by atoms with Crippen LogP contribution in [0, 0.1) is 6.92 Å². The molecule has 0 radical (unpaired) electrons. The number of alkyl halides is 3. The summed E-state index contributed by atoms with van der Waals surface area (Å²) in [7, 11) is 0. The van der Waals surface area contributed by atoms with E-state index in [9.17, 15) is 18.0 Å². The summed E-state index contributed by atoms with van der Waals surface area (Å²) in [6.45, 7) is 6.27. The SMILES string of the molecule is C=CCn1c(COc2ccccc2C)nnc1SCC(=O)Nc1cccc(C(F)(F)F)c1. The van der Waals surface area contributed by atoms with Crippen molar-refractivity contribution in [3.8, 4) is 5.75 Å². The number of amides is 1. The Morgan fingerprint density at radius 2 is 2.00 bits per heavy atom. The van der Waals surface area contributed by atoms with Crippen molar-refractivity contribution in [2.24, 2.45) is 0 Å². The Morgan fingerprint density at radius 1 is 1.22 bits per heavy atom. The maximum Gasteiger partial charge on any atom is 0.416 e. The van der Waals surface area contributed by atoms with Crippen LogP contribution in [0.15, 0.2) is 66.3 Å². The van der Waals surface area contributed by atoms with Crippen LogP contribution in [0.25, 0.3) is 0 Å². The zero-order valence-electron chi connectivity index (χ0n) is 17.2. The fourth-order valence-corrected chi connectivity index (χ4v) is 3.57. The van der Waals surface area contributed by atoms with Crippen molar-refractivity contribution >= 4 is 23.4 Å². The van der Waals surface area contributed by atoms with Gasteiger partial charge in [0.25, 0.3) is 0 Å². The van der Waals surface area contributed by atoms with Gasteiger partial charge >= 0.3 is 6.18 Å². The van der Waals surface area contributed by atoms with E-state index in [1.807, 2.05) is 31.2 Å². The highest BCUT2D eigenvalue weighted by atomic mass is 32.2. The molecule has 1 N–H and O–H groups in total. The van der Waals surface area contributed by atoms with Crippen molar-refractivity contribution in [2.75, 3.05) is 11.1 Å². The van der Waals surface area contributed by atoms with E-state index in [1.165, 1.54) is 12.1 Å². The number of ether oxygens (including phenoxy) is 1. The van der Waals surface area contributed by atoms with E-state index in [4.69, 9.17) is 4.74 Å². The highest BCUT2D eigenvalue weighted by Gasteiger charge is 2.30. The summed E-state index contributed by atoms with van der Waals surface area (Å²) in [6, 6.07) is 12.1. The number of para-hydroxylation sites is 1. The van der Waals surface area contributed by atoms with Crippen molar-refractivity contribution in [1.82, 2.24) is 14.8 Å². The molecule has 0 saturated carbocycles. The van der Waals surface area contributed by atoms with E-state index in [0.717, 1.165) is 35.2 Å². The van der Waals surface area contributed by atoms with E-state index < -0.39 is 17.6 Å². The van der Waals surface area contributed by atoms with Crippen LogP contribution < -0.4 is 10.1 Å². The van der Waals surface area contributed by atoms with Crippen LogP contribution >= 0.6 is 11.8 Å². The van der Waals surface area contributed by atoms with Gasteiger partial charge in [0.2, 0.25) is 5.91 Å². The second-order valence-electron chi connectivity index (χ2n) is 6.77. The quantitative estimate of drug-likeness (QED) is 0.354. The van der Waals surface area contributed by atoms with Crippen LogP contribution in [0.2, 0.25) is 0 Å². The third-order valence-corrected chi connectivity index (χ3v) is 5.33. The number of rotatable bonds is 9. The van der Waals surface area contributed by atoms with Gasteiger partial charge in [-0.3, -0.25) is 9.36 Å². The van der Waals surface area contributed by atoms with Gasteiger partial charge in [-0.15, -0.1) is 16.8 Å². The molecule has 6 nitrogen and oxygen atoms in total. The molecule has 1 amide bonds. The van der Waals surface area contributed by atoms with Gasteiger partial charge in [0, 0.05) is 12.2 Å². The lowest BCUT2D eigenvalue weighted by Gasteiger charge is -2.11. The number of halogens is 3. The Hall–Kier alpha value is -3.27. The Labute approximate surface area is 187 Å². The van der Waals surface area contributed by atoms with Gasteiger partial charge in [-0.25, -0.2) is 0 Å². The van der Waals surface area contributed by atoms with Crippen molar-refractivity contribution in [3.05, 3.63) is 78.1 Å². The Morgan fingerprint density at radius 3 is 2.72 bits per heavy atom. The number of hydrogen-bond acceptors (Lipinski definition) is 5. The second kappa shape index (κ2) is 10.4. The molecule has 0 aliphatic heterocycles. The number of allylic oxidation sites excluding steroid dienone is 1. The first kappa shape index (κ1) is 23.4. The molecule has 0 atom stereocenters. The van der Waals surface area contributed by atoms with Gasteiger partial charge in [-0.1, -0.05) is 42.1 Å². The van der Waals surface area contributed by atoms with Gasteiger partial charge < -0.3 is 10.1 Å². The van der Waals surface area contributed by atoms with Crippen molar-refractivity contribution in [1.29, 1.82) is 0 Å². The number of anilines is 1. The van der Waals surface area contributed by atoms with Crippen molar-refractivity contribution in [3.63, 3.8) is 0 Å². The van der Waals surface area contributed by atoms with Gasteiger partial charge in [0.1, 0.15) is 12.4 Å². The van der Waals surface area contributed by atoms with Crippen molar-refractivity contribution < 1.29 is 22.7 Å². The molecule has 3 rings (SSSR count). The van der Waals surface area contributed by atoms with Gasteiger partial charge in [-0.2, -0.15) is 13.2 Å². The molecule has 0 aliphatic carbocycles. The standard InChI is InChI=1S/C22H21F3N4O2S/c1-3-11-29-19(13-31-18-10-5-4-7-15(18)2)27-28-21(29)32-14-20(30)26-17-9-6-8-16(12-17)22(23,24)25/h3-10,12H,1,11,13-14H2,2H3,(H,26,30). The highest BCUT2D eigenvalue weighted by molar-refractivity contribution is 7.99. The fraction of sp³-hybridized carbons (Fsp3) is 0.227. The largest absolute Gasteiger partial charge is 0.485 e. The molecule has 168 valence electrons. The minimum absolute atomic E-state index is 0.0514. The summed E-state index contributed by atoms with van der Waals surface area (Å²) in [5.74, 6) is 0.786. The van der Waals surface area contributed by atoms with Crippen LogP contribution in [0.4, 0.5) is 18.9 Å². The average molecular weight is 462 g/mol. The minimum Gasteiger partial charge on any atom is -0.485 e. The zero-order valence-corrected chi connectivity index (χ0v) is 18.0. The minimum atomic E-state index is -4.48. The normalized spacial score (nSPS) is 11.2. The van der Waals surface area contributed by atoms with Crippen molar-refractivity contribution in [2.45, 2.75) is 31.4 Å². The molecule has 0 fully saturated rings. The molecule has 0 aliphatic rings. The van der Waals surface area contributed by atoms with E-state index >= 15 is 0 Å². The Kier molecular flexibility index (Phi) is 7.57. The summed E-state index contributed by atoms with van der Waals surface area (Å²) in [5, 5.41) is 11.2. The number of carbonyl (C=O) groups excluding carboxylic acids is 1. The molecular formula is C22H21F3N4O2S. The third-order valence-electron chi connectivity index (χ3n) is 4.36. The Balaban J connectivity index is 1.63. The summed E-state index contributed by atoms with van der Waals surface area (Å²) in [5.41, 5.74) is 0.237. The molecule has 3 aromatic rings. The van der Waals surface area contributed by atoms with Gasteiger partial charge in [-0.05, 0) is 36.8 Å². The molecule has 0 unspecified atom stereocenters. The monoisotopic (exact) mass is 462 g/mol. The summed E-state index contributed by atoms with van der Waals surface area (Å²) >= 11 is 1.12. The van der Waals surface area contributed by atoms with E-state index in [1.54, 1.807) is 10.6 Å². The lowest BCUT2D eigenvalue weighted by Crippen LogP contribution is -2.15. The lowest BCUT2D eigenvalue weighted by atomic mass is 10.2. The molecule has 32 heavy (non-hydrogen) atoms. The van der Waals surface area contributed by atoms with Crippen LogP contribution in [-0.4, -0.2) is 26.4 Å². The predicted molar refractivity (Wildman–Crippen MR) is 117 cm³/mol. The second-order valence-corrected chi connectivity index (χ2v) is 7.71. The number of aryl methyl sites for hydroxylation is 1. The number of nitrogens with one attached hydrogen (secondary N) is 1. The topological polar surface area (TPSA) is 69.0 Å². The maximum atomic E-state index is 12.8.